The Morgan fingerprint density at radius 2 is 0.611 bits per heavy atom. The zero-order valence-electron chi connectivity index (χ0n) is 31.0. The van der Waals surface area contributed by atoms with Crippen molar-refractivity contribution in [3.05, 3.63) is 217 Å². The lowest BCUT2D eigenvalue weighted by atomic mass is 9.99. The van der Waals surface area contributed by atoms with Crippen LogP contribution in [0.3, 0.4) is 0 Å². The molecule has 0 spiro atoms. The summed E-state index contributed by atoms with van der Waals surface area (Å²) in [5.41, 5.74) is 2.74. The fraction of sp³-hybridized carbons (Fsp3) is 0.120. The van der Waals surface area contributed by atoms with Crippen LogP contribution in [-0.2, 0) is 0 Å². The third-order valence-corrected chi connectivity index (χ3v) is 15.8. The van der Waals surface area contributed by atoms with Gasteiger partial charge >= 0.3 is 0 Å². The van der Waals surface area contributed by atoms with Crippen molar-refractivity contribution in [2.24, 2.45) is 0 Å². The van der Waals surface area contributed by atoms with E-state index in [0.29, 0.717) is 0 Å². The van der Waals surface area contributed by atoms with Gasteiger partial charge in [0, 0.05) is 41.3 Å². The molecule has 0 aliphatic carbocycles. The molecule has 0 unspecified atom stereocenters. The molecule has 0 fully saturated rings. The third-order valence-electron chi connectivity index (χ3n) is 10.5. The van der Waals surface area contributed by atoms with Gasteiger partial charge in [-0.3, -0.25) is 9.34 Å². The standard InChI is InChI=1S/C50H46N2P2/c1-39(47-35-19-23-41-21-15-17-33-49(41)47)51(53(43-25-7-3-8-26-43)44-27-9-4-10-28-44)37-38-52(40(2)48-36-20-24-42-22-16-18-34-50(42)48)54(45-29-11-5-12-30-45)46-31-13-6-14-32-46/h3-36,39-40H,37-38H2,1-2H3/t39-,40-/m0/s1. The molecule has 0 aliphatic heterocycles. The van der Waals surface area contributed by atoms with E-state index in [1.807, 2.05) is 0 Å². The van der Waals surface area contributed by atoms with Crippen LogP contribution in [0, 0.1) is 0 Å². The summed E-state index contributed by atoms with van der Waals surface area (Å²) in [4.78, 5) is 0. The molecule has 2 nitrogen and oxygen atoms in total. The average Bonchev–Trinajstić information content (AvgIpc) is 3.25. The molecule has 2 atom stereocenters. The van der Waals surface area contributed by atoms with E-state index in [9.17, 15) is 0 Å². The Hall–Kier alpha value is -4.94. The quantitative estimate of drug-likeness (QED) is 0.109. The highest BCUT2D eigenvalue weighted by molar-refractivity contribution is 7.71. The lowest BCUT2D eigenvalue weighted by Crippen LogP contribution is -2.39. The first kappa shape index (κ1) is 36.1. The number of fused-ring (bicyclic) bond motifs is 2. The Morgan fingerprint density at radius 1 is 0.333 bits per heavy atom. The minimum atomic E-state index is -0.879. The van der Waals surface area contributed by atoms with Crippen LogP contribution >= 0.6 is 16.1 Å². The highest BCUT2D eigenvalue weighted by Crippen LogP contribution is 2.49. The Kier molecular flexibility index (Phi) is 11.4. The molecule has 0 amide bonds. The topological polar surface area (TPSA) is 6.48 Å². The van der Waals surface area contributed by atoms with E-state index in [2.05, 4.69) is 229 Å². The summed E-state index contributed by atoms with van der Waals surface area (Å²) in [6.07, 6.45) is 0. The van der Waals surface area contributed by atoms with E-state index < -0.39 is 16.1 Å². The first-order chi connectivity index (χ1) is 26.7. The molecule has 0 heterocycles. The van der Waals surface area contributed by atoms with E-state index in [0.717, 1.165) is 13.1 Å². The predicted octanol–water partition coefficient (Wildman–Crippen LogP) is 11.5. The molecular formula is C50H46N2P2. The van der Waals surface area contributed by atoms with Gasteiger partial charge in [-0.05, 0) is 67.7 Å². The van der Waals surface area contributed by atoms with Gasteiger partial charge in [0.25, 0.3) is 0 Å². The summed E-state index contributed by atoms with van der Waals surface area (Å²) in [6, 6.07) is 76.5. The summed E-state index contributed by atoms with van der Waals surface area (Å²) in [6.45, 7) is 6.62. The molecule has 4 heteroatoms. The second kappa shape index (κ2) is 17.0. The first-order valence-corrected chi connectivity index (χ1v) is 21.5. The first-order valence-electron chi connectivity index (χ1n) is 19.0. The van der Waals surface area contributed by atoms with Crippen LogP contribution in [0.5, 0.6) is 0 Å². The van der Waals surface area contributed by atoms with E-state index in [1.54, 1.807) is 0 Å². The van der Waals surface area contributed by atoms with Gasteiger partial charge in [0.05, 0.1) is 0 Å². The molecule has 8 rings (SSSR count). The molecular weight excluding hydrogens is 691 g/mol. The number of rotatable bonds is 13. The molecule has 0 saturated heterocycles. The van der Waals surface area contributed by atoms with Gasteiger partial charge in [-0.2, -0.15) is 0 Å². The smallest absolute Gasteiger partial charge is 0.0368 e. The van der Waals surface area contributed by atoms with Gasteiger partial charge in [0.15, 0.2) is 0 Å². The third kappa shape index (κ3) is 7.67. The van der Waals surface area contributed by atoms with E-state index in [1.165, 1.54) is 53.9 Å². The summed E-state index contributed by atoms with van der Waals surface area (Å²) in [7, 11) is -1.76. The van der Waals surface area contributed by atoms with Crippen molar-refractivity contribution >= 4 is 58.9 Å². The van der Waals surface area contributed by atoms with Crippen LogP contribution in [0.2, 0.25) is 0 Å². The van der Waals surface area contributed by atoms with E-state index in [4.69, 9.17) is 0 Å². The fourth-order valence-electron chi connectivity index (χ4n) is 7.86. The zero-order chi connectivity index (χ0) is 36.7. The fourth-order valence-corrected chi connectivity index (χ4v) is 13.0. The lowest BCUT2D eigenvalue weighted by Gasteiger charge is -2.42. The highest BCUT2D eigenvalue weighted by atomic mass is 31.1. The molecule has 0 bridgehead atoms. The van der Waals surface area contributed by atoms with Gasteiger partial charge in [0.2, 0.25) is 0 Å². The highest BCUT2D eigenvalue weighted by Gasteiger charge is 2.33. The van der Waals surface area contributed by atoms with E-state index in [-0.39, 0.29) is 12.1 Å². The summed E-state index contributed by atoms with van der Waals surface area (Å²) in [5.74, 6) is 0. The second-order valence-corrected chi connectivity index (χ2v) is 18.1. The largest absolute Gasteiger partial charge is 0.266 e. The monoisotopic (exact) mass is 736 g/mol. The lowest BCUT2D eigenvalue weighted by molar-refractivity contribution is 0.303. The van der Waals surface area contributed by atoms with Crippen LogP contribution in [-0.4, -0.2) is 22.4 Å². The Bertz CT molecular complexity index is 2140. The maximum Gasteiger partial charge on any atom is 0.0368 e. The maximum atomic E-state index is 2.83. The van der Waals surface area contributed by atoms with Gasteiger partial charge in [0.1, 0.15) is 0 Å². The molecule has 8 aromatic rings. The van der Waals surface area contributed by atoms with Crippen molar-refractivity contribution in [2.75, 3.05) is 13.1 Å². The number of hydrogen-bond donors (Lipinski definition) is 0. The maximum absolute atomic E-state index is 2.83. The second-order valence-electron chi connectivity index (χ2n) is 13.8. The van der Waals surface area contributed by atoms with Crippen LogP contribution in [0.1, 0.15) is 37.1 Å². The molecule has 54 heavy (non-hydrogen) atoms. The molecule has 0 aromatic heterocycles. The number of nitrogens with zero attached hydrogens (tertiary/aromatic N) is 2. The summed E-state index contributed by atoms with van der Waals surface area (Å²) in [5, 5.41) is 10.7. The van der Waals surface area contributed by atoms with Crippen molar-refractivity contribution in [3.8, 4) is 0 Å². The van der Waals surface area contributed by atoms with Crippen molar-refractivity contribution in [1.82, 2.24) is 9.34 Å². The Morgan fingerprint density at radius 3 is 0.944 bits per heavy atom. The molecule has 8 aromatic carbocycles. The van der Waals surface area contributed by atoms with Gasteiger partial charge < -0.3 is 0 Å². The minimum Gasteiger partial charge on any atom is -0.266 e. The molecule has 0 saturated carbocycles. The average molecular weight is 737 g/mol. The predicted molar refractivity (Wildman–Crippen MR) is 236 cm³/mol. The zero-order valence-corrected chi connectivity index (χ0v) is 32.8. The molecule has 0 N–H and O–H groups in total. The van der Waals surface area contributed by atoms with Crippen molar-refractivity contribution < 1.29 is 0 Å². The van der Waals surface area contributed by atoms with Gasteiger partial charge in [-0.15, -0.1) is 0 Å². The van der Waals surface area contributed by atoms with Crippen LogP contribution < -0.4 is 21.2 Å². The van der Waals surface area contributed by atoms with Gasteiger partial charge in [-0.1, -0.05) is 206 Å². The van der Waals surface area contributed by atoms with Gasteiger partial charge in [-0.25, -0.2) is 0 Å². The van der Waals surface area contributed by atoms with Crippen LogP contribution in [0.15, 0.2) is 206 Å². The Balaban J connectivity index is 1.29. The van der Waals surface area contributed by atoms with Crippen molar-refractivity contribution in [1.29, 1.82) is 0 Å². The molecule has 0 radical (unpaired) electrons. The number of hydrogen-bond acceptors (Lipinski definition) is 2. The summed E-state index contributed by atoms with van der Waals surface area (Å²) < 4.78 is 5.65. The SMILES string of the molecule is C[C@@H](c1cccc2ccccc12)N(CCN([C@@H](C)c1cccc2ccccc12)P(c1ccccc1)c1ccccc1)P(c1ccccc1)c1ccccc1. The van der Waals surface area contributed by atoms with Crippen molar-refractivity contribution in [3.63, 3.8) is 0 Å². The normalized spacial score (nSPS) is 12.9. The molecule has 0 aliphatic rings. The van der Waals surface area contributed by atoms with Crippen LogP contribution in [0.25, 0.3) is 21.5 Å². The van der Waals surface area contributed by atoms with E-state index >= 15 is 0 Å². The van der Waals surface area contributed by atoms with Crippen molar-refractivity contribution in [2.45, 2.75) is 25.9 Å². The Labute approximate surface area is 323 Å². The number of benzene rings is 8. The molecule has 266 valence electrons. The van der Waals surface area contributed by atoms with Crippen LogP contribution in [0.4, 0.5) is 0 Å². The minimum absolute atomic E-state index is 0.150. The summed E-state index contributed by atoms with van der Waals surface area (Å²) >= 11 is 0.